The molecule has 2 aliphatic heterocycles. The Labute approximate surface area is 149 Å². The van der Waals surface area contributed by atoms with Crippen LogP contribution in [0.1, 0.15) is 42.2 Å². The van der Waals surface area contributed by atoms with E-state index < -0.39 is 0 Å². The van der Waals surface area contributed by atoms with Gasteiger partial charge in [-0.25, -0.2) is 0 Å². The second-order valence-corrected chi connectivity index (χ2v) is 7.33. The van der Waals surface area contributed by atoms with Gasteiger partial charge in [0.25, 0.3) is 5.91 Å². The molecule has 0 unspecified atom stereocenters. The molecule has 136 valence electrons. The molecule has 2 saturated heterocycles. The molecule has 1 aromatic heterocycles. The summed E-state index contributed by atoms with van der Waals surface area (Å²) in [6, 6.07) is 3.70. The van der Waals surface area contributed by atoms with Gasteiger partial charge >= 0.3 is 0 Å². The van der Waals surface area contributed by atoms with Gasteiger partial charge in [-0.1, -0.05) is 6.92 Å². The fourth-order valence-corrected chi connectivity index (χ4v) is 3.92. The Morgan fingerprint density at radius 1 is 1.24 bits per heavy atom. The maximum absolute atomic E-state index is 13.0. The Bertz CT molecular complexity index is 663. The predicted molar refractivity (Wildman–Crippen MR) is 96.4 cm³/mol. The first-order chi connectivity index (χ1) is 11.9. The predicted octanol–water partition coefficient (Wildman–Crippen LogP) is 1.41. The van der Waals surface area contributed by atoms with E-state index in [0.29, 0.717) is 18.5 Å². The Morgan fingerprint density at radius 3 is 2.80 bits per heavy atom. The van der Waals surface area contributed by atoms with E-state index in [0.717, 1.165) is 44.6 Å². The van der Waals surface area contributed by atoms with Crippen LogP contribution in [0, 0.1) is 0 Å². The highest BCUT2D eigenvalue weighted by Gasteiger charge is 2.43. The lowest BCUT2D eigenvalue weighted by Crippen LogP contribution is -2.62. The highest BCUT2D eigenvalue weighted by atomic mass is 16.2. The lowest BCUT2D eigenvalue weighted by Gasteiger charge is -2.49. The van der Waals surface area contributed by atoms with Crippen LogP contribution in [0.2, 0.25) is 0 Å². The van der Waals surface area contributed by atoms with Crippen LogP contribution in [0.3, 0.4) is 0 Å². The number of amides is 2. The minimum absolute atomic E-state index is 0.0773. The molecule has 0 aliphatic carbocycles. The topological polar surface area (TPSA) is 56.8 Å². The van der Waals surface area contributed by atoms with Gasteiger partial charge in [-0.2, -0.15) is 0 Å². The number of hydrogen-bond acceptors (Lipinski definition) is 4. The lowest BCUT2D eigenvalue weighted by molar-refractivity contribution is -0.129. The summed E-state index contributed by atoms with van der Waals surface area (Å²) in [6.45, 7) is 5.05. The molecule has 1 spiro atoms. The van der Waals surface area contributed by atoms with Crippen LogP contribution in [-0.2, 0) is 11.2 Å². The second kappa shape index (κ2) is 7.12. The van der Waals surface area contributed by atoms with Crippen molar-refractivity contribution >= 4 is 11.8 Å². The third-order valence-corrected chi connectivity index (χ3v) is 5.86. The number of hydrogen-bond donors (Lipinski definition) is 0. The van der Waals surface area contributed by atoms with Crippen LogP contribution < -0.4 is 0 Å². The van der Waals surface area contributed by atoms with Gasteiger partial charge in [-0.05, 0) is 38.4 Å². The Hall–Kier alpha value is -1.95. The van der Waals surface area contributed by atoms with Crippen LogP contribution in [0.25, 0.3) is 0 Å². The van der Waals surface area contributed by atoms with E-state index >= 15 is 0 Å². The Morgan fingerprint density at radius 2 is 2.04 bits per heavy atom. The summed E-state index contributed by atoms with van der Waals surface area (Å²) in [6.07, 6.45) is 4.82. The minimum atomic E-state index is -0.102. The molecule has 2 fully saturated rings. The number of likely N-dealkylation sites (N-methyl/N-ethyl adjacent to an activating group) is 1. The maximum atomic E-state index is 13.0. The summed E-state index contributed by atoms with van der Waals surface area (Å²) in [5.41, 5.74) is 1.55. The summed E-state index contributed by atoms with van der Waals surface area (Å²) in [5, 5.41) is 0. The molecule has 0 N–H and O–H groups in total. The minimum Gasteiger partial charge on any atom is -0.346 e. The monoisotopic (exact) mass is 344 g/mol. The van der Waals surface area contributed by atoms with Crippen LogP contribution in [0.15, 0.2) is 18.3 Å². The van der Waals surface area contributed by atoms with Gasteiger partial charge in [-0.15, -0.1) is 0 Å². The van der Waals surface area contributed by atoms with Crippen molar-refractivity contribution < 1.29 is 9.59 Å². The third-order valence-electron chi connectivity index (χ3n) is 5.86. The number of rotatable bonds is 2. The van der Waals surface area contributed by atoms with Crippen molar-refractivity contribution in [2.45, 2.75) is 38.1 Å². The molecule has 6 nitrogen and oxygen atoms in total. The number of piperazine rings is 1. The summed E-state index contributed by atoms with van der Waals surface area (Å²) in [7, 11) is 4.00. The van der Waals surface area contributed by atoms with Crippen LogP contribution in [0.5, 0.6) is 0 Å². The second-order valence-electron chi connectivity index (χ2n) is 7.33. The molecule has 0 aromatic carbocycles. The number of aryl methyl sites for hydroxylation is 1. The molecule has 0 radical (unpaired) electrons. The molecule has 0 saturated carbocycles. The molecule has 6 heteroatoms. The smallest absolute Gasteiger partial charge is 0.254 e. The molecule has 3 rings (SSSR count). The SMILES string of the molecule is CCc1cc(C(=O)N2CCN(C)[C@]3(CCC(=O)N(C)CC3)C2)ccn1. The highest BCUT2D eigenvalue weighted by molar-refractivity contribution is 5.94. The van der Waals surface area contributed by atoms with Crippen molar-refractivity contribution in [1.82, 2.24) is 19.7 Å². The molecule has 2 amide bonds. The number of carbonyl (C=O) groups excluding carboxylic acids is 2. The molecule has 1 aromatic rings. The number of likely N-dealkylation sites (tertiary alicyclic amines) is 1. The van der Waals surface area contributed by atoms with Gasteiger partial charge in [-0.3, -0.25) is 19.5 Å². The quantitative estimate of drug-likeness (QED) is 0.814. The van der Waals surface area contributed by atoms with Gasteiger partial charge in [0.2, 0.25) is 5.91 Å². The van der Waals surface area contributed by atoms with Gasteiger partial charge in [0.15, 0.2) is 0 Å². The molecular weight excluding hydrogens is 316 g/mol. The molecule has 25 heavy (non-hydrogen) atoms. The average Bonchev–Trinajstić information content (AvgIpc) is 2.78. The van der Waals surface area contributed by atoms with Crippen LogP contribution >= 0.6 is 0 Å². The first kappa shape index (κ1) is 17.9. The van der Waals surface area contributed by atoms with Crippen molar-refractivity contribution in [2.24, 2.45) is 0 Å². The van der Waals surface area contributed by atoms with Gasteiger partial charge < -0.3 is 9.80 Å². The molecular formula is C19H28N4O2. The van der Waals surface area contributed by atoms with E-state index in [1.807, 2.05) is 29.8 Å². The van der Waals surface area contributed by atoms with Gasteiger partial charge in [0, 0.05) is 62.6 Å². The van der Waals surface area contributed by atoms with Crippen LogP contribution in [0.4, 0.5) is 0 Å². The zero-order valence-electron chi connectivity index (χ0n) is 15.5. The van der Waals surface area contributed by atoms with Crippen molar-refractivity contribution in [1.29, 1.82) is 0 Å². The molecule has 2 aliphatic rings. The number of pyridine rings is 1. The van der Waals surface area contributed by atoms with E-state index in [9.17, 15) is 9.59 Å². The van der Waals surface area contributed by atoms with E-state index in [1.54, 1.807) is 12.3 Å². The van der Waals surface area contributed by atoms with E-state index in [-0.39, 0.29) is 17.4 Å². The largest absolute Gasteiger partial charge is 0.346 e. The van der Waals surface area contributed by atoms with E-state index in [4.69, 9.17) is 0 Å². The normalized spacial score (nSPS) is 25.3. The Kier molecular flexibility index (Phi) is 5.08. The van der Waals surface area contributed by atoms with Crippen LogP contribution in [-0.4, -0.2) is 77.3 Å². The number of aromatic nitrogens is 1. The molecule has 3 heterocycles. The number of nitrogens with zero attached hydrogens (tertiary/aromatic N) is 4. The fraction of sp³-hybridized carbons (Fsp3) is 0.632. The van der Waals surface area contributed by atoms with Gasteiger partial charge in [0.05, 0.1) is 0 Å². The van der Waals surface area contributed by atoms with Gasteiger partial charge in [0.1, 0.15) is 0 Å². The van der Waals surface area contributed by atoms with Crippen molar-refractivity contribution in [3.05, 3.63) is 29.6 Å². The zero-order valence-corrected chi connectivity index (χ0v) is 15.5. The molecule has 0 bridgehead atoms. The molecule has 1 atom stereocenters. The van der Waals surface area contributed by atoms with E-state index in [2.05, 4.69) is 16.9 Å². The zero-order chi connectivity index (χ0) is 18.0. The first-order valence-corrected chi connectivity index (χ1v) is 9.14. The summed E-state index contributed by atoms with van der Waals surface area (Å²) < 4.78 is 0. The summed E-state index contributed by atoms with van der Waals surface area (Å²) >= 11 is 0. The van der Waals surface area contributed by atoms with Crippen molar-refractivity contribution in [2.75, 3.05) is 40.3 Å². The first-order valence-electron chi connectivity index (χ1n) is 9.14. The number of carbonyl (C=O) groups is 2. The Balaban J connectivity index is 1.80. The standard InChI is InChI=1S/C19H28N4O2/c1-4-16-13-15(6-9-20-16)18(25)23-12-11-22(3)19(14-23)7-5-17(24)21(2)10-8-19/h6,9,13H,4-5,7-8,10-12,14H2,1-3H3/t19-/m0/s1. The third kappa shape index (κ3) is 3.54. The summed E-state index contributed by atoms with van der Waals surface area (Å²) in [5.74, 6) is 0.281. The van der Waals surface area contributed by atoms with E-state index in [1.165, 1.54) is 0 Å². The maximum Gasteiger partial charge on any atom is 0.254 e. The average molecular weight is 344 g/mol. The highest BCUT2D eigenvalue weighted by Crippen LogP contribution is 2.32. The fourth-order valence-electron chi connectivity index (χ4n) is 3.92. The van der Waals surface area contributed by atoms with Crippen molar-refractivity contribution in [3.63, 3.8) is 0 Å². The van der Waals surface area contributed by atoms with Crippen molar-refractivity contribution in [3.8, 4) is 0 Å². The lowest BCUT2D eigenvalue weighted by atomic mass is 9.86. The summed E-state index contributed by atoms with van der Waals surface area (Å²) in [4.78, 5) is 35.5.